The number of aromatic nitrogens is 4. The van der Waals surface area contributed by atoms with Crippen LogP contribution in [0.2, 0.25) is 0 Å². The van der Waals surface area contributed by atoms with Crippen LogP contribution >= 0.6 is 0 Å². The molecule has 1 atom stereocenters. The summed E-state index contributed by atoms with van der Waals surface area (Å²) < 4.78 is 2.08. The largest absolute Gasteiger partial charge is 0.367 e. The first kappa shape index (κ1) is 29.0. The highest BCUT2D eigenvalue weighted by Crippen LogP contribution is 2.33. The number of imide groups is 1. The fraction of sp³-hybridized carbons (Fsp3) is 0.652. The fourth-order valence-electron chi connectivity index (χ4n) is 4.81. The lowest BCUT2D eigenvalue weighted by Crippen LogP contribution is -2.69. The number of rotatable bonds is 10. The summed E-state index contributed by atoms with van der Waals surface area (Å²) >= 11 is 0. The van der Waals surface area contributed by atoms with E-state index in [0.717, 1.165) is 9.47 Å². The summed E-state index contributed by atoms with van der Waals surface area (Å²) in [7, 11) is 2.77. The van der Waals surface area contributed by atoms with E-state index in [9.17, 15) is 24.0 Å². The average molecular weight is 535 g/mol. The van der Waals surface area contributed by atoms with Crippen LogP contribution in [-0.4, -0.2) is 97.5 Å². The number of aryl methyl sites for hydroxylation is 1. The van der Waals surface area contributed by atoms with Crippen LogP contribution in [0.5, 0.6) is 0 Å². The molecule has 0 aromatic carbocycles. The molecule has 2 aromatic heterocycles. The van der Waals surface area contributed by atoms with Gasteiger partial charge in [0.1, 0.15) is 11.3 Å². The van der Waals surface area contributed by atoms with Gasteiger partial charge < -0.3 is 27.1 Å². The number of primary amides is 1. The molecule has 0 radical (unpaired) electrons. The molecule has 3 heterocycles. The molecule has 1 aliphatic rings. The molecule has 1 aliphatic heterocycles. The van der Waals surface area contributed by atoms with Gasteiger partial charge >= 0.3 is 11.7 Å². The van der Waals surface area contributed by atoms with Crippen LogP contribution in [0.15, 0.2) is 9.59 Å². The lowest BCUT2D eigenvalue weighted by molar-refractivity contribution is -0.137. The number of nitrogens with one attached hydrogen (secondary N) is 1. The van der Waals surface area contributed by atoms with Crippen molar-refractivity contribution in [3.8, 4) is 0 Å². The third kappa shape index (κ3) is 5.08. The number of hydrogen-bond donors (Lipinski definition) is 4. The highest BCUT2D eigenvalue weighted by atomic mass is 16.2. The van der Waals surface area contributed by atoms with Crippen molar-refractivity contribution in [2.24, 2.45) is 31.3 Å². The Morgan fingerprint density at radius 2 is 1.76 bits per heavy atom. The zero-order valence-corrected chi connectivity index (χ0v) is 22.2. The van der Waals surface area contributed by atoms with E-state index in [4.69, 9.17) is 17.2 Å². The summed E-state index contributed by atoms with van der Waals surface area (Å²) in [6.45, 7) is 3.52. The molecule has 1 saturated heterocycles. The van der Waals surface area contributed by atoms with Crippen molar-refractivity contribution in [3.05, 3.63) is 26.7 Å². The summed E-state index contributed by atoms with van der Waals surface area (Å²) in [6.07, 6.45) is 1.68. The van der Waals surface area contributed by atoms with Crippen LogP contribution < -0.4 is 28.5 Å². The van der Waals surface area contributed by atoms with E-state index in [-0.39, 0.29) is 49.6 Å². The zero-order chi connectivity index (χ0) is 28.2. The van der Waals surface area contributed by atoms with Gasteiger partial charge in [-0.3, -0.25) is 33.3 Å². The number of fused-ring (bicyclic) bond motifs is 1. The second-order valence-electron chi connectivity index (χ2n) is 9.50. The number of imidazole rings is 1. The maximum atomic E-state index is 14.0. The van der Waals surface area contributed by atoms with E-state index in [2.05, 4.69) is 9.97 Å². The van der Waals surface area contributed by atoms with E-state index >= 15 is 0 Å². The van der Waals surface area contributed by atoms with E-state index in [1.165, 1.54) is 23.6 Å². The van der Waals surface area contributed by atoms with Gasteiger partial charge in [-0.2, -0.15) is 0 Å². The second kappa shape index (κ2) is 11.9. The number of carbonyl (C=O) groups excluding carboxylic acids is 3. The Bertz CT molecular complexity index is 1310. The Kier molecular flexibility index (Phi) is 9.06. The van der Waals surface area contributed by atoms with Gasteiger partial charge in [-0.05, 0) is 38.9 Å². The number of amides is 4. The predicted molar refractivity (Wildman–Crippen MR) is 140 cm³/mol. The smallest absolute Gasteiger partial charge is 0.332 e. The van der Waals surface area contributed by atoms with Crippen molar-refractivity contribution >= 4 is 29.0 Å². The summed E-state index contributed by atoms with van der Waals surface area (Å²) in [5.41, 5.74) is 14.3. The molecule has 2 aromatic rings. The number of aromatic amines is 1. The number of H-pyrrole nitrogens is 1. The highest BCUT2D eigenvalue weighted by Gasteiger charge is 2.54. The van der Waals surface area contributed by atoms with Crippen LogP contribution in [0.4, 0.5) is 4.79 Å². The minimum Gasteiger partial charge on any atom is -0.367 e. The van der Waals surface area contributed by atoms with Crippen molar-refractivity contribution in [1.29, 1.82) is 0 Å². The van der Waals surface area contributed by atoms with Crippen molar-refractivity contribution in [2.75, 3.05) is 45.8 Å². The molecule has 3 rings (SSSR count). The van der Waals surface area contributed by atoms with E-state index in [1.54, 1.807) is 0 Å². The summed E-state index contributed by atoms with van der Waals surface area (Å²) in [6, 6.07) is -0.698. The van der Waals surface area contributed by atoms with Crippen LogP contribution in [0, 0.1) is 0 Å². The molecule has 7 N–H and O–H groups in total. The number of urea groups is 1. The van der Waals surface area contributed by atoms with Crippen molar-refractivity contribution in [2.45, 2.75) is 38.1 Å². The van der Waals surface area contributed by atoms with Crippen molar-refractivity contribution in [1.82, 2.24) is 33.8 Å². The average Bonchev–Trinajstić information content (AvgIpc) is 3.35. The lowest BCUT2D eigenvalue weighted by atomic mass is 9.91. The Morgan fingerprint density at radius 1 is 1.08 bits per heavy atom. The monoisotopic (exact) mass is 534 g/mol. The van der Waals surface area contributed by atoms with Crippen molar-refractivity contribution in [3.63, 3.8) is 0 Å². The molecule has 1 unspecified atom stereocenters. The molecule has 0 aliphatic carbocycles. The van der Waals surface area contributed by atoms with Crippen LogP contribution in [0.3, 0.4) is 0 Å². The van der Waals surface area contributed by atoms with E-state index in [0.29, 0.717) is 38.9 Å². The fourth-order valence-corrected chi connectivity index (χ4v) is 4.81. The van der Waals surface area contributed by atoms with Gasteiger partial charge in [0.25, 0.3) is 11.5 Å². The number of hydrogen-bond acceptors (Lipinski definition) is 9. The van der Waals surface area contributed by atoms with Gasteiger partial charge in [0.05, 0.1) is 0 Å². The van der Waals surface area contributed by atoms with Crippen LogP contribution in [0.25, 0.3) is 11.2 Å². The molecule has 0 spiro atoms. The molecule has 15 nitrogen and oxygen atoms in total. The Labute approximate surface area is 219 Å². The number of carbonyl (C=O) groups is 3. The van der Waals surface area contributed by atoms with Gasteiger partial charge in [-0.1, -0.05) is 6.92 Å². The quantitative estimate of drug-likeness (QED) is 0.258. The molecule has 210 valence electrons. The van der Waals surface area contributed by atoms with E-state index < -0.39 is 34.6 Å². The highest BCUT2D eigenvalue weighted by molar-refractivity contribution is 5.98. The molecular weight excluding hydrogens is 496 g/mol. The number of nitrogens with zero attached hydrogens (tertiary/aromatic N) is 6. The van der Waals surface area contributed by atoms with Gasteiger partial charge in [0, 0.05) is 46.7 Å². The third-order valence-electron chi connectivity index (χ3n) is 6.94. The van der Waals surface area contributed by atoms with Crippen LogP contribution in [-0.2, 0) is 29.2 Å². The summed E-state index contributed by atoms with van der Waals surface area (Å²) in [4.78, 5) is 77.3. The molecule has 0 bridgehead atoms. The third-order valence-corrected chi connectivity index (χ3v) is 6.94. The minimum absolute atomic E-state index is 0.0150. The summed E-state index contributed by atoms with van der Waals surface area (Å²) in [5.74, 6) is -1.35. The first-order chi connectivity index (χ1) is 18.0. The standard InChI is InChI=1S/C23H38N10O5/c1-4-7-15(34)32(11-6-9-25)22(38)33-13-12-31(10-5-8-24)14-23(33,19(26)36)20-27-16-17(28-20)29(2)21(37)30(3)18(16)35/h4-14,24-25H2,1-3H3,(H2,26,36)(H,27,28). The maximum Gasteiger partial charge on any atom is 0.332 e. The van der Waals surface area contributed by atoms with Crippen LogP contribution in [0.1, 0.15) is 38.4 Å². The second-order valence-corrected chi connectivity index (χ2v) is 9.50. The molecule has 1 fully saturated rings. The van der Waals surface area contributed by atoms with Gasteiger partial charge in [-0.25, -0.2) is 14.6 Å². The summed E-state index contributed by atoms with van der Waals surface area (Å²) in [5, 5.41) is 0. The van der Waals surface area contributed by atoms with E-state index in [1.807, 2.05) is 11.8 Å². The first-order valence-corrected chi connectivity index (χ1v) is 12.8. The molecule has 4 amide bonds. The normalized spacial score (nSPS) is 18.2. The first-order valence-electron chi connectivity index (χ1n) is 12.8. The minimum atomic E-state index is -1.86. The lowest BCUT2D eigenvalue weighted by Gasteiger charge is -2.48. The Morgan fingerprint density at radius 3 is 2.37 bits per heavy atom. The Hall–Kier alpha value is -3.56. The number of piperazine rings is 1. The Balaban J connectivity index is 2.24. The zero-order valence-electron chi connectivity index (χ0n) is 22.2. The maximum absolute atomic E-state index is 14.0. The van der Waals surface area contributed by atoms with Crippen molar-refractivity contribution < 1.29 is 14.4 Å². The predicted octanol–water partition coefficient (Wildman–Crippen LogP) is -2.30. The molecule has 15 heteroatoms. The molecule has 38 heavy (non-hydrogen) atoms. The topological polar surface area (TPSA) is 212 Å². The van der Waals surface area contributed by atoms with Gasteiger partial charge in [0.15, 0.2) is 11.2 Å². The number of nitrogens with two attached hydrogens (primary N) is 3. The SMILES string of the molecule is CCCC(=O)N(CCCN)C(=O)N1CCN(CCCN)CC1(C(N)=O)c1nc2c([nH]1)c(=O)n(C)c(=O)n2C. The molecular formula is C23H38N10O5. The van der Waals surface area contributed by atoms with Gasteiger partial charge in [0.2, 0.25) is 5.91 Å². The molecule has 0 saturated carbocycles. The van der Waals surface area contributed by atoms with Gasteiger partial charge in [-0.15, -0.1) is 0 Å².